The third-order valence-corrected chi connectivity index (χ3v) is 3.32. The second-order valence-electron chi connectivity index (χ2n) is 4.60. The first-order valence-corrected chi connectivity index (χ1v) is 5.76. The number of aliphatic carboxylic acids is 1. The lowest BCUT2D eigenvalue weighted by molar-refractivity contribution is -0.140. The summed E-state index contributed by atoms with van der Waals surface area (Å²) in [5, 5.41) is 11.5. The lowest BCUT2D eigenvalue weighted by Crippen LogP contribution is -2.28. The van der Waals surface area contributed by atoms with E-state index in [0.717, 1.165) is 26.1 Å². The monoisotopic (exact) mass is 227 g/mol. The highest BCUT2D eigenvalue weighted by Crippen LogP contribution is 2.38. The molecule has 2 rings (SSSR count). The van der Waals surface area contributed by atoms with Gasteiger partial charge in [0.15, 0.2) is 0 Å². The van der Waals surface area contributed by atoms with Crippen LogP contribution in [-0.4, -0.2) is 36.7 Å². The van der Waals surface area contributed by atoms with Crippen LogP contribution in [0.5, 0.6) is 0 Å². The van der Waals surface area contributed by atoms with Crippen molar-refractivity contribution in [3.8, 4) is 0 Å². The number of hydrogen-bond acceptors (Lipinski definition) is 3. The topological polar surface area (TPSA) is 75.6 Å². The average Bonchev–Trinajstić information content (AvgIpc) is 2.90. The largest absolute Gasteiger partial charge is 0.481 e. The third-order valence-electron chi connectivity index (χ3n) is 3.32. The van der Waals surface area contributed by atoms with Gasteiger partial charge in [0, 0.05) is 19.8 Å². The Morgan fingerprint density at radius 1 is 1.38 bits per heavy atom. The van der Waals surface area contributed by atoms with Gasteiger partial charge in [0.2, 0.25) is 5.91 Å². The van der Waals surface area contributed by atoms with Crippen LogP contribution in [0.15, 0.2) is 0 Å². The Kier molecular flexibility index (Phi) is 3.43. The number of hydrogen-bond donors (Lipinski definition) is 2. The van der Waals surface area contributed by atoms with Gasteiger partial charge >= 0.3 is 5.97 Å². The fraction of sp³-hybridized carbons (Fsp3) is 0.818. The molecule has 1 amide bonds. The maximum Gasteiger partial charge on any atom is 0.307 e. The lowest BCUT2D eigenvalue weighted by Gasteiger charge is -2.08. The number of amides is 1. The zero-order chi connectivity index (χ0) is 11.5. The first-order chi connectivity index (χ1) is 7.68. The van der Waals surface area contributed by atoms with Crippen molar-refractivity contribution in [1.29, 1.82) is 0 Å². The van der Waals surface area contributed by atoms with E-state index < -0.39 is 11.9 Å². The zero-order valence-corrected chi connectivity index (χ0v) is 9.15. The fourth-order valence-corrected chi connectivity index (χ4v) is 2.10. The first kappa shape index (κ1) is 11.4. The average molecular weight is 227 g/mol. The first-order valence-electron chi connectivity index (χ1n) is 5.76. The van der Waals surface area contributed by atoms with Gasteiger partial charge in [0.25, 0.3) is 0 Å². The number of ether oxygens (including phenoxy) is 1. The molecule has 0 aromatic heterocycles. The number of carbonyl (C=O) groups excluding carboxylic acids is 1. The Hall–Kier alpha value is -1.10. The van der Waals surface area contributed by atoms with Crippen LogP contribution in [-0.2, 0) is 14.3 Å². The summed E-state index contributed by atoms with van der Waals surface area (Å²) in [5.41, 5.74) is 0. The molecule has 2 N–H and O–H groups in total. The van der Waals surface area contributed by atoms with Crippen molar-refractivity contribution in [3.05, 3.63) is 0 Å². The quantitative estimate of drug-likeness (QED) is 0.706. The minimum atomic E-state index is -0.857. The molecule has 0 spiro atoms. The molecule has 0 aromatic carbocycles. The molecule has 3 atom stereocenters. The van der Waals surface area contributed by atoms with Crippen molar-refractivity contribution in [2.24, 2.45) is 17.8 Å². The summed E-state index contributed by atoms with van der Waals surface area (Å²) in [6, 6.07) is 0. The minimum Gasteiger partial charge on any atom is -0.481 e. The summed E-state index contributed by atoms with van der Waals surface area (Å²) in [5.74, 6) is -1.16. The van der Waals surface area contributed by atoms with Gasteiger partial charge in [-0.05, 0) is 25.2 Å². The molecular weight excluding hydrogens is 210 g/mol. The van der Waals surface area contributed by atoms with Crippen LogP contribution in [0, 0.1) is 17.8 Å². The van der Waals surface area contributed by atoms with Gasteiger partial charge in [-0.15, -0.1) is 0 Å². The van der Waals surface area contributed by atoms with Crippen molar-refractivity contribution >= 4 is 11.9 Å². The minimum absolute atomic E-state index is 0.105. The summed E-state index contributed by atoms with van der Waals surface area (Å²) < 4.78 is 5.23. The molecular formula is C11H17NO4. The standard InChI is InChI=1S/C11H17NO4/c13-10(8-5-9(8)11(14)15)12-3-1-7-2-4-16-6-7/h7-9H,1-6H2,(H,12,13)(H,14,15). The van der Waals surface area contributed by atoms with E-state index in [1.54, 1.807) is 0 Å². The van der Waals surface area contributed by atoms with Crippen LogP contribution >= 0.6 is 0 Å². The number of carbonyl (C=O) groups is 2. The van der Waals surface area contributed by atoms with Gasteiger partial charge in [-0.3, -0.25) is 9.59 Å². The predicted octanol–water partition coefficient (Wildman–Crippen LogP) is 0.250. The maximum absolute atomic E-state index is 11.5. The van der Waals surface area contributed by atoms with Crippen LogP contribution in [0.3, 0.4) is 0 Å². The molecule has 16 heavy (non-hydrogen) atoms. The van der Waals surface area contributed by atoms with Crippen molar-refractivity contribution < 1.29 is 19.4 Å². The summed E-state index contributed by atoms with van der Waals surface area (Å²) in [7, 11) is 0. The molecule has 0 radical (unpaired) electrons. The van der Waals surface area contributed by atoms with Gasteiger partial charge in [0.1, 0.15) is 0 Å². The molecule has 1 heterocycles. The second-order valence-corrected chi connectivity index (χ2v) is 4.60. The molecule has 2 aliphatic rings. The highest BCUT2D eigenvalue weighted by Gasteiger charge is 2.48. The van der Waals surface area contributed by atoms with E-state index in [9.17, 15) is 9.59 Å². The van der Waals surface area contributed by atoms with E-state index in [1.165, 1.54) is 0 Å². The van der Waals surface area contributed by atoms with E-state index in [1.807, 2.05) is 0 Å². The van der Waals surface area contributed by atoms with E-state index in [4.69, 9.17) is 9.84 Å². The van der Waals surface area contributed by atoms with E-state index >= 15 is 0 Å². The van der Waals surface area contributed by atoms with Crippen LogP contribution in [0.1, 0.15) is 19.3 Å². The van der Waals surface area contributed by atoms with Crippen LogP contribution < -0.4 is 5.32 Å². The van der Waals surface area contributed by atoms with Gasteiger partial charge < -0.3 is 15.2 Å². The molecule has 1 saturated heterocycles. The van der Waals surface area contributed by atoms with Crippen molar-refractivity contribution in [1.82, 2.24) is 5.32 Å². The Bertz CT molecular complexity index is 286. The SMILES string of the molecule is O=C(O)C1CC1C(=O)NCCC1CCOC1. The van der Waals surface area contributed by atoms with E-state index in [-0.39, 0.29) is 11.8 Å². The Morgan fingerprint density at radius 2 is 2.19 bits per heavy atom. The van der Waals surface area contributed by atoms with Gasteiger partial charge in [-0.2, -0.15) is 0 Å². The summed E-state index contributed by atoms with van der Waals surface area (Å²) in [6.07, 6.45) is 2.49. The van der Waals surface area contributed by atoms with E-state index in [0.29, 0.717) is 18.9 Å². The molecule has 5 heteroatoms. The summed E-state index contributed by atoms with van der Waals surface area (Å²) in [4.78, 5) is 22.1. The second kappa shape index (κ2) is 4.82. The maximum atomic E-state index is 11.5. The van der Waals surface area contributed by atoms with Crippen molar-refractivity contribution in [3.63, 3.8) is 0 Å². The highest BCUT2D eigenvalue weighted by molar-refractivity contribution is 5.89. The lowest BCUT2D eigenvalue weighted by atomic mass is 10.1. The molecule has 0 bridgehead atoms. The van der Waals surface area contributed by atoms with Crippen LogP contribution in [0.4, 0.5) is 0 Å². The molecule has 90 valence electrons. The molecule has 5 nitrogen and oxygen atoms in total. The van der Waals surface area contributed by atoms with Crippen molar-refractivity contribution in [2.75, 3.05) is 19.8 Å². The number of nitrogens with one attached hydrogen (secondary N) is 1. The molecule has 1 aliphatic heterocycles. The molecule has 3 unspecified atom stereocenters. The molecule has 2 fully saturated rings. The third kappa shape index (κ3) is 2.72. The number of rotatable bonds is 5. The van der Waals surface area contributed by atoms with E-state index in [2.05, 4.69) is 5.32 Å². The summed E-state index contributed by atoms with van der Waals surface area (Å²) in [6.45, 7) is 2.25. The Balaban J connectivity index is 1.60. The highest BCUT2D eigenvalue weighted by atomic mass is 16.5. The van der Waals surface area contributed by atoms with Gasteiger partial charge in [-0.1, -0.05) is 0 Å². The van der Waals surface area contributed by atoms with Crippen LogP contribution in [0.2, 0.25) is 0 Å². The Labute approximate surface area is 94.2 Å². The smallest absolute Gasteiger partial charge is 0.307 e. The molecule has 1 saturated carbocycles. The van der Waals surface area contributed by atoms with Crippen LogP contribution in [0.25, 0.3) is 0 Å². The molecule has 0 aromatic rings. The number of carboxylic acid groups (broad SMARTS) is 1. The summed E-state index contributed by atoms with van der Waals surface area (Å²) >= 11 is 0. The van der Waals surface area contributed by atoms with Gasteiger partial charge in [-0.25, -0.2) is 0 Å². The normalized spacial score (nSPS) is 32.4. The van der Waals surface area contributed by atoms with Gasteiger partial charge in [0.05, 0.1) is 11.8 Å². The fourth-order valence-electron chi connectivity index (χ4n) is 2.10. The predicted molar refractivity (Wildman–Crippen MR) is 55.8 cm³/mol. The Morgan fingerprint density at radius 3 is 2.75 bits per heavy atom. The number of carboxylic acids is 1. The van der Waals surface area contributed by atoms with Crippen molar-refractivity contribution in [2.45, 2.75) is 19.3 Å². The zero-order valence-electron chi connectivity index (χ0n) is 9.15. The molecule has 1 aliphatic carbocycles.